The Hall–Kier alpha value is -3.75. The number of rotatable bonds is 5. The van der Waals surface area contributed by atoms with E-state index in [1.165, 1.54) is 18.9 Å². The van der Waals surface area contributed by atoms with Crippen molar-refractivity contribution in [3.63, 3.8) is 0 Å². The molecule has 0 saturated carbocycles. The van der Waals surface area contributed by atoms with Crippen molar-refractivity contribution in [2.75, 3.05) is 5.32 Å². The van der Waals surface area contributed by atoms with Gasteiger partial charge in [0.25, 0.3) is 0 Å². The van der Waals surface area contributed by atoms with Crippen molar-refractivity contribution in [1.29, 1.82) is 0 Å². The quantitative estimate of drug-likeness (QED) is 0.440. The summed E-state index contributed by atoms with van der Waals surface area (Å²) in [5, 5.41) is 14.6. The molecule has 0 fully saturated rings. The number of benzene rings is 1. The molecule has 0 radical (unpaired) electrons. The van der Waals surface area contributed by atoms with Gasteiger partial charge in [0, 0.05) is 0 Å². The van der Waals surface area contributed by atoms with Crippen LogP contribution in [0.5, 0.6) is 0 Å². The highest BCUT2D eigenvalue weighted by molar-refractivity contribution is 5.78. The van der Waals surface area contributed by atoms with Gasteiger partial charge >= 0.3 is 5.69 Å². The summed E-state index contributed by atoms with van der Waals surface area (Å²) >= 11 is 0. The average Bonchev–Trinajstić information content (AvgIpc) is 3.29. The maximum Gasteiger partial charge on any atom is 0.354 e. The minimum absolute atomic E-state index is 0.115. The van der Waals surface area contributed by atoms with E-state index in [1.807, 2.05) is 24.3 Å². The van der Waals surface area contributed by atoms with Crippen LogP contribution < -0.4 is 5.32 Å². The molecule has 25 heavy (non-hydrogen) atoms. The van der Waals surface area contributed by atoms with Gasteiger partial charge in [-0.25, -0.2) is 15.0 Å². The van der Waals surface area contributed by atoms with Gasteiger partial charge in [0.05, 0.1) is 28.8 Å². The third-order valence-corrected chi connectivity index (χ3v) is 3.68. The molecule has 124 valence electrons. The number of anilines is 1. The van der Waals surface area contributed by atoms with Gasteiger partial charge in [-0.05, 0) is 24.3 Å². The summed E-state index contributed by atoms with van der Waals surface area (Å²) in [6.45, 7) is 0.273. The van der Waals surface area contributed by atoms with Crippen LogP contribution in [0.25, 0.3) is 16.9 Å². The normalized spacial score (nSPS) is 10.9. The van der Waals surface area contributed by atoms with E-state index in [4.69, 9.17) is 4.42 Å². The lowest BCUT2D eigenvalue weighted by molar-refractivity contribution is -0.384. The van der Waals surface area contributed by atoms with E-state index in [0.29, 0.717) is 5.76 Å². The van der Waals surface area contributed by atoms with E-state index in [0.717, 1.165) is 11.0 Å². The Morgan fingerprint density at radius 2 is 2.04 bits per heavy atom. The molecule has 0 bridgehead atoms. The first-order valence-electron chi connectivity index (χ1n) is 7.42. The lowest BCUT2D eigenvalue weighted by Gasteiger charge is -2.08. The Balaban J connectivity index is 1.80. The van der Waals surface area contributed by atoms with Crippen molar-refractivity contribution in [3.8, 4) is 5.82 Å². The number of nitrogens with zero attached hydrogens (tertiary/aromatic N) is 5. The molecule has 3 heterocycles. The molecule has 0 aliphatic heterocycles. The zero-order valence-electron chi connectivity index (χ0n) is 12.9. The number of nitro groups is 1. The van der Waals surface area contributed by atoms with Gasteiger partial charge in [-0.2, -0.15) is 0 Å². The summed E-state index contributed by atoms with van der Waals surface area (Å²) in [7, 11) is 0. The van der Waals surface area contributed by atoms with Crippen LogP contribution >= 0.6 is 0 Å². The second-order valence-electron chi connectivity index (χ2n) is 5.19. The van der Waals surface area contributed by atoms with Gasteiger partial charge < -0.3 is 9.73 Å². The third kappa shape index (κ3) is 2.67. The van der Waals surface area contributed by atoms with E-state index < -0.39 is 4.92 Å². The standard InChI is InChI=1S/C16H12N6O3/c23-22(24)14-15(17-8-11-4-3-7-25-11)18-9-19-16(14)21-10-20-12-5-1-2-6-13(12)21/h1-7,9-10H,8H2,(H,17,18,19). The number of imidazole rings is 1. The monoisotopic (exact) mass is 336 g/mol. The molecule has 4 rings (SSSR count). The highest BCUT2D eigenvalue weighted by Crippen LogP contribution is 2.30. The molecule has 0 spiro atoms. The van der Waals surface area contributed by atoms with Gasteiger partial charge in [-0.1, -0.05) is 12.1 Å². The lowest BCUT2D eigenvalue weighted by atomic mass is 10.3. The van der Waals surface area contributed by atoms with Crippen LogP contribution in [0.3, 0.4) is 0 Å². The zero-order valence-corrected chi connectivity index (χ0v) is 12.9. The van der Waals surface area contributed by atoms with Crippen molar-refractivity contribution < 1.29 is 9.34 Å². The summed E-state index contributed by atoms with van der Waals surface area (Å²) in [6.07, 6.45) is 4.33. The fraction of sp³-hybridized carbons (Fsp3) is 0.0625. The maximum absolute atomic E-state index is 11.7. The number of furan rings is 1. The third-order valence-electron chi connectivity index (χ3n) is 3.68. The van der Waals surface area contributed by atoms with Crippen molar-refractivity contribution >= 4 is 22.5 Å². The topological polar surface area (TPSA) is 112 Å². The molecule has 0 atom stereocenters. The van der Waals surface area contributed by atoms with Gasteiger partial charge in [-0.15, -0.1) is 0 Å². The Kier molecular flexibility index (Phi) is 3.58. The predicted octanol–water partition coefficient (Wildman–Crippen LogP) is 2.93. The molecule has 0 aliphatic rings. The average molecular weight is 336 g/mol. The molecule has 0 unspecified atom stereocenters. The maximum atomic E-state index is 11.7. The molecular formula is C16H12N6O3. The smallest absolute Gasteiger partial charge is 0.354 e. The summed E-state index contributed by atoms with van der Waals surface area (Å²) in [5.41, 5.74) is 1.22. The van der Waals surface area contributed by atoms with Crippen LogP contribution in [-0.4, -0.2) is 24.4 Å². The Labute approximate surface area is 141 Å². The fourth-order valence-corrected chi connectivity index (χ4v) is 2.56. The first kappa shape index (κ1) is 14.8. The SMILES string of the molecule is O=[N+]([O-])c1c(NCc2ccco2)ncnc1-n1cnc2ccccc21. The minimum Gasteiger partial charge on any atom is -0.467 e. The van der Waals surface area contributed by atoms with Gasteiger partial charge in [0.1, 0.15) is 18.4 Å². The summed E-state index contributed by atoms with van der Waals surface area (Å²) in [4.78, 5) is 23.5. The molecular weight excluding hydrogens is 324 g/mol. The number of nitrogens with one attached hydrogen (secondary N) is 1. The highest BCUT2D eigenvalue weighted by Gasteiger charge is 2.25. The van der Waals surface area contributed by atoms with Crippen molar-refractivity contribution in [2.24, 2.45) is 0 Å². The van der Waals surface area contributed by atoms with E-state index in [1.54, 1.807) is 16.7 Å². The second kappa shape index (κ2) is 6.04. The molecule has 0 saturated heterocycles. The molecule has 4 aromatic rings. The Morgan fingerprint density at radius 1 is 1.16 bits per heavy atom. The number of aromatic nitrogens is 4. The van der Waals surface area contributed by atoms with Gasteiger partial charge in [-0.3, -0.25) is 14.7 Å². The number of hydrogen-bond donors (Lipinski definition) is 1. The minimum atomic E-state index is -0.505. The molecule has 1 aromatic carbocycles. The van der Waals surface area contributed by atoms with Crippen LogP contribution in [-0.2, 0) is 6.54 Å². The summed E-state index contributed by atoms with van der Waals surface area (Å²) in [6, 6.07) is 10.9. The Bertz CT molecular complexity index is 1040. The number of fused-ring (bicyclic) bond motifs is 1. The molecule has 3 aromatic heterocycles. The van der Waals surface area contributed by atoms with Gasteiger partial charge in [0.15, 0.2) is 0 Å². The lowest BCUT2D eigenvalue weighted by Crippen LogP contribution is -2.09. The van der Waals surface area contributed by atoms with Crippen LogP contribution in [0.1, 0.15) is 5.76 Å². The Morgan fingerprint density at radius 3 is 2.84 bits per heavy atom. The second-order valence-corrected chi connectivity index (χ2v) is 5.19. The summed E-state index contributed by atoms with van der Waals surface area (Å²) in [5.74, 6) is 0.905. The first-order chi connectivity index (χ1) is 12.2. The van der Waals surface area contributed by atoms with Crippen LogP contribution in [0.15, 0.2) is 59.7 Å². The van der Waals surface area contributed by atoms with E-state index in [-0.39, 0.29) is 23.9 Å². The highest BCUT2D eigenvalue weighted by atomic mass is 16.6. The molecule has 9 heteroatoms. The predicted molar refractivity (Wildman–Crippen MR) is 89.3 cm³/mol. The molecule has 9 nitrogen and oxygen atoms in total. The van der Waals surface area contributed by atoms with E-state index in [9.17, 15) is 10.1 Å². The van der Waals surface area contributed by atoms with E-state index in [2.05, 4.69) is 20.3 Å². The molecule has 1 N–H and O–H groups in total. The first-order valence-corrected chi connectivity index (χ1v) is 7.42. The molecule has 0 aliphatic carbocycles. The van der Waals surface area contributed by atoms with Crippen LogP contribution in [0.2, 0.25) is 0 Å². The van der Waals surface area contributed by atoms with Crippen molar-refractivity contribution in [1.82, 2.24) is 19.5 Å². The largest absolute Gasteiger partial charge is 0.467 e. The fourth-order valence-electron chi connectivity index (χ4n) is 2.56. The van der Waals surface area contributed by atoms with Crippen molar-refractivity contribution in [2.45, 2.75) is 6.54 Å². The van der Waals surface area contributed by atoms with Gasteiger partial charge in [0.2, 0.25) is 11.6 Å². The van der Waals surface area contributed by atoms with Crippen molar-refractivity contribution in [3.05, 3.63) is 71.2 Å². The zero-order chi connectivity index (χ0) is 17.2. The number of para-hydroxylation sites is 2. The summed E-state index contributed by atoms with van der Waals surface area (Å²) < 4.78 is 6.80. The van der Waals surface area contributed by atoms with Crippen LogP contribution in [0.4, 0.5) is 11.5 Å². The number of hydrogen-bond acceptors (Lipinski definition) is 7. The molecule has 0 amide bonds. The van der Waals surface area contributed by atoms with Crippen LogP contribution in [0, 0.1) is 10.1 Å². The van der Waals surface area contributed by atoms with E-state index >= 15 is 0 Å².